The third-order valence-electron chi connectivity index (χ3n) is 6.33. The molecule has 1 aliphatic rings. The third-order valence-corrected chi connectivity index (χ3v) is 6.33. The second kappa shape index (κ2) is 8.58. The summed E-state index contributed by atoms with van der Waals surface area (Å²) in [5.74, 6) is 0.212. The molecule has 2 atom stereocenters. The van der Waals surface area contributed by atoms with Crippen molar-refractivity contribution in [1.82, 2.24) is 0 Å². The number of hydrogen-bond acceptors (Lipinski definition) is 3. The smallest absolute Gasteiger partial charge is 0.294 e. The van der Waals surface area contributed by atoms with Crippen LogP contribution < -0.4 is 9.80 Å². The molecule has 1 aromatic heterocycles. The molecule has 0 fully saturated rings. The molecule has 0 saturated heterocycles. The maximum absolute atomic E-state index is 13.6. The third kappa shape index (κ3) is 3.69. The minimum Gasteiger partial charge on any atom is -0.451 e. The standard InChI is InChI=1S/C28H26N2O3/c1-3-27(31)30(21-12-5-4-6-13-21)24-17-19(2)29(23-15-9-8-14-22(23)24)28(32)26-18-20-11-7-10-16-25(20)33-26/h4-16,18-19,24H,3,17H2,1-2H3. The SMILES string of the molecule is CCC(=O)N(c1ccccc1)C1CC(C)N(C(=O)c2cc3ccccc3o2)c2ccccc21. The van der Waals surface area contributed by atoms with E-state index in [0.717, 1.165) is 22.3 Å². The largest absolute Gasteiger partial charge is 0.451 e. The van der Waals surface area contributed by atoms with E-state index in [4.69, 9.17) is 4.42 Å². The molecule has 2 heterocycles. The number of benzene rings is 3. The van der Waals surface area contributed by atoms with Crippen molar-refractivity contribution < 1.29 is 14.0 Å². The lowest BCUT2D eigenvalue weighted by molar-refractivity contribution is -0.118. The van der Waals surface area contributed by atoms with Gasteiger partial charge >= 0.3 is 0 Å². The zero-order valence-electron chi connectivity index (χ0n) is 18.8. The summed E-state index contributed by atoms with van der Waals surface area (Å²) in [5.41, 5.74) is 3.34. The molecule has 0 spiro atoms. The van der Waals surface area contributed by atoms with Crippen molar-refractivity contribution in [3.8, 4) is 0 Å². The molecule has 0 N–H and O–H groups in total. The number of amides is 2. The van der Waals surface area contributed by atoms with Crippen LogP contribution in [0.1, 0.15) is 48.8 Å². The van der Waals surface area contributed by atoms with Gasteiger partial charge in [0.15, 0.2) is 5.76 Å². The van der Waals surface area contributed by atoms with Crippen LogP contribution >= 0.6 is 0 Å². The molecule has 2 amide bonds. The summed E-state index contributed by atoms with van der Waals surface area (Å²) >= 11 is 0. The molecule has 0 saturated carbocycles. The lowest BCUT2D eigenvalue weighted by Gasteiger charge is -2.43. The van der Waals surface area contributed by atoms with E-state index in [9.17, 15) is 9.59 Å². The molecule has 0 radical (unpaired) electrons. The first-order valence-electron chi connectivity index (χ1n) is 11.4. The molecule has 5 heteroatoms. The average molecular weight is 439 g/mol. The van der Waals surface area contributed by atoms with Gasteiger partial charge in [-0.05, 0) is 49.2 Å². The van der Waals surface area contributed by atoms with E-state index in [0.29, 0.717) is 24.2 Å². The normalized spacial score (nSPS) is 17.6. The van der Waals surface area contributed by atoms with Crippen LogP contribution in [0, 0.1) is 0 Å². The van der Waals surface area contributed by atoms with Crippen molar-refractivity contribution >= 4 is 34.2 Å². The van der Waals surface area contributed by atoms with Gasteiger partial charge < -0.3 is 14.2 Å². The highest BCUT2D eigenvalue weighted by Crippen LogP contribution is 2.43. The summed E-state index contributed by atoms with van der Waals surface area (Å²) in [6, 6.07) is 26.8. The van der Waals surface area contributed by atoms with Gasteiger partial charge in [0.2, 0.25) is 5.91 Å². The van der Waals surface area contributed by atoms with Gasteiger partial charge in [0.25, 0.3) is 5.91 Å². The molecule has 2 unspecified atom stereocenters. The predicted molar refractivity (Wildman–Crippen MR) is 131 cm³/mol. The van der Waals surface area contributed by atoms with Crippen LogP contribution in [0.15, 0.2) is 89.3 Å². The van der Waals surface area contributed by atoms with Crippen molar-refractivity contribution in [2.24, 2.45) is 0 Å². The highest BCUT2D eigenvalue weighted by atomic mass is 16.3. The van der Waals surface area contributed by atoms with Crippen LogP contribution in [0.5, 0.6) is 0 Å². The number of nitrogens with zero attached hydrogens (tertiary/aromatic N) is 2. The first-order chi connectivity index (χ1) is 16.1. The number of para-hydroxylation sites is 3. The van der Waals surface area contributed by atoms with E-state index in [1.54, 1.807) is 6.07 Å². The number of hydrogen-bond donors (Lipinski definition) is 0. The summed E-state index contributed by atoms with van der Waals surface area (Å²) < 4.78 is 5.89. The van der Waals surface area contributed by atoms with Crippen LogP contribution in [0.3, 0.4) is 0 Å². The Morgan fingerprint density at radius 2 is 1.67 bits per heavy atom. The van der Waals surface area contributed by atoms with Crippen molar-refractivity contribution in [3.63, 3.8) is 0 Å². The summed E-state index contributed by atoms with van der Waals surface area (Å²) in [6.07, 6.45) is 1.03. The van der Waals surface area contributed by atoms with Crippen molar-refractivity contribution in [3.05, 3.63) is 96.3 Å². The van der Waals surface area contributed by atoms with Crippen molar-refractivity contribution in [2.45, 2.75) is 38.8 Å². The molecule has 1 aliphatic heterocycles. The minimum atomic E-state index is -0.169. The fourth-order valence-electron chi connectivity index (χ4n) is 4.80. The summed E-state index contributed by atoms with van der Waals surface area (Å²) in [4.78, 5) is 30.4. The van der Waals surface area contributed by atoms with Gasteiger partial charge in [-0.3, -0.25) is 9.59 Å². The van der Waals surface area contributed by atoms with Gasteiger partial charge in [-0.2, -0.15) is 0 Å². The van der Waals surface area contributed by atoms with Crippen LogP contribution in [0.4, 0.5) is 11.4 Å². The Morgan fingerprint density at radius 1 is 0.970 bits per heavy atom. The number of rotatable bonds is 4. The number of fused-ring (bicyclic) bond motifs is 2. The van der Waals surface area contributed by atoms with E-state index in [1.807, 2.05) is 103 Å². The number of furan rings is 1. The monoisotopic (exact) mass is 438 g/mol. The Morgan fingerprint density at radius 3 is 2.42 bits per heavy atom. The zero-order valence-corrected chi connectivity index (χ0v) is 18.8. The van der Waals surface area contributed by atoms with E-state index in [1.165, 1.54) is 0 Å². The summed E-state index contributed by atoms with van der Waals surface area (Å²) in [6.45, 7) is 3.91. The molecule has 33 heavy (non-hydrogen) atoms. The van der Waals surface area contributed by atoms with E-state index >= 15 is 0 Å². The maximum atomic E-state index is 13.6. The van der Waals surface area contributed by atoms with Gasteiger partial charge in [0, 0.05) is 29.2 Å². The molecule has 0 bridgehead atoms. The van der Waals surface area contributed by atoms with Crippen LogP contribution in [0.25, 0.3) is 11.0 Å². The number of carbonyl (C=O) groups is 2. The molecule has 4 aromatic rings. The average Bonchev–Trinajstić information content (AvgIpc) is 3.29. The van der Waals surface area contributed by atoms with E-state index < -0.39 is 0 Å². The van der Waals surface area contributed by atoms with Gasteiger partial charge in [-0.15, -0.1) is 0 Å². The Hall–Kier alpha value is -3.86. The first kappa shape index (κ1) is 21.0. The Balaban J connectivity index is 1.58. The molecule has 5 nitrogen and oxygen atoms in total. The maximum Gasteiger partial charge on any atom is 0.294 e. The molecule has 3 aromatic carbocycles. The van der Waals surface area contributed by atoms with E-state index in [2.05, 4.69) is 0 Å². The molecule has 5 rings (SSSR count). The Kier molecular flexibility index (Phi) is 5.47. The van der Waals surface area contributed by atoms with E-state index in [-0.39, 0.29) is 23.9 Å². The Labute approximate surface area is 193 Å². The van der Waals surface area contributed by atoms with Gasteiger partial charge in [0.1, 0.15) is 5.58 Å². The number of carbonyl (C=O) groups excluding carboxylic acids is 2. The zero-order chi connectivity index (χ0) is 22.9. The highest BCUT2D eigenvalue weighted by Gasteiger charge is 2.39. The summed E-state index contributed by atoms with van der Waals surface area (Å²) in [7, 11) is 0. The minimum absolute atomic E-state index is 0.0604. The van der Waals surface area contributed by atoms with Crippen LogP contribution in [-0.4, -0.2) is 17.9 Å². The van der Waals surface area contributed by atoms with Crippen molar-refractivity contribution in [1.29, 1.82) is 0 Å². The van der Waals surface area contributed by atoms with Crippen LogP contribution in [0.2, 0.25) is 0 Å². The quantitative estimate of drug-likeness (QED) is 0.373. The van der Waals surface area contributed by atoms with Crippen molar-refractivity contribution in [2.75, 3.05) is 9.80 Å². The predicted octanol–water partition coefficient (Wildman–Crippen LogP) is 6.36. The highest BCUT2D eigenvalue weighted by molar-refractivity contribution is 6.07. The summed E-state index contributed by atoms with van der Waals surface area (Å²) in [5, 5.41) is 0.903. The van der Waals surface area contributed by atoms with Gasteiger partial charge in [-0.1, -0.05) is 61.5 Å². The second-order valence-corrected chi connectivity index (χ2v) is 8.44. The molecular weight excluding hydrogens is 412 g/mol. The lowest BCUT2D eigenvalue weighted by atomic mass is 9.89. The molecular formula is C28H26N2O3. The number of anilines is 2. The second-order valence-electron chi connectivity index (χ2n) is 8.44. The molecule has 166 valence electrons. The van der Waals surface area contributed by atoms with Gasteiger partial charge in [0.05, 0.1) is 6.04 Å². The Bertz CT molecular complexity index is 1280. The topological polar surface area (TPSA) is 53.8 Å². The molecule has 0 aliphatic carbocycles. The fraction of sp³-hybridized carbons (Fsp3) is 0.214. The fourth-order valence-corrected chi connectivity index (χ4v) is 4.80. The first-order valence-corrected chi connectivity index (χ1v) is 11.4. The van der Waals surface area contributed by atoms with Gasteiger partial charge in [-0.25, -0.2) is 0 Å². The lowest BCUT2D eigenvalue weighted by Crippen LogP contribution is -2.47. The van der Waals surface area contributed by atoms with Crippen LogP contribution in [-0.2, 0) is 4.79 Å².